The Morgan fingerprint density at radius 3 is 2.45 bits per heavy atom. The van der Waals surface area contributed by atoms with Gasteiger partial charge in [0.2, 0.25) is 0 Å². The van der Waals surface area contributed by atoms with Crippen molar-refractivity contribution >= 4 is 11.6 Å². The Bertz CT molecular complexity index is 579. The fourth-order valence-corrected chi connectivity index (χ4v) is 2.85. The molecule has 0 aliphatic rings. The predicted molar refractivity (Wildman–Crippen MR) is 81.0 cm³/mol. The van der Waals surface area contributed by atoms with Gasteiger partial charge in [0.05, 0.1) is 28.6 Å². The van der Waals surface area contributed by atoms with Crippen LogP contribution in [0.3, 0.4) is 0 Å². The fraction of sp³-hybridized carbons (Fsp3) is 0.571. The van der Waals surface area contributed by atoms with Gasteiger partial charge >= 0.3 is 0 Å². The minimum atomic E-state index is 0.0173. The third-order valence-electron chi connectivity index (χ3n) is 3.66. The van der Waals surface area contributed by atoms with Crippen molar-refractivity contribution in [2.75, 3.05) is 6.54 Å². The minimum Gasteiger partial charge on any atom is -0.305 e. The summed E-state index contributed by atoms with van der Waals surface area (Å²) in [5.41, 5.74) is 4.34. The van der Waals surface area contributed by atoms with E-state index in [2.05, 4.69) is 29.4 Å². The zero-order valence-corrected chi connectivity index (χ0v) is 13.5. The number of aryl methyl sites for hydroxylation is 3. The van der Waals surface area contributed by atoms with Gasteiger partial charge in [-0.25, -0.2) is 0 Å². The van der Waals surface area contributed by atoms with Gasteiger partial charge in [-0.2, -0.15) is 10.2 Å². The Morgan fingerprint density at radius 2 is 2.00 bits per heavy atom. The molecule has 0 aromatic carbocycles. The monoisotopic (exact) mass is 295 g/mol. The van der Waals surface area contributed by atoms with Crippen molar-refractivity contribution in [3.8, 4) is 0 Å². The van der Waals surface area contributed by atoms with Crippen molar-refractivity contribution in [2.45, 2.75) is 33.2 Å². The normalized spacial score (nSPS) is 12.9. The van der Waals surface area contributed by atoms with Crippen molar-refractivity contribution in [3.05, 3.63) is 33.9 Å². The number of halogens is 1. The molecule has 1 unspecified atom stereocenters. The topological polar surface area (TPSA) is 47.7 Å². The van der Waals surface area contributed by atoms with Gasteiger partial charge in [0.25, 0.3) is 0 Å². The van der Waals surface area contributed by atoms with Gasteiger partial charge < -0.3 is 5.32 Å². The summed E-state index contributed by atoms with van der Waals surface area (Å²) in [6.07, 6.45) is 2.75. The van der Waals surface area contributed by atoms with Crippen LogP contribution in [0.5, 0.6) is 0 Å². The van der Waals surface area contributed by atoms with E-state index in [1.165, 1.54) is 5.56 Å². The standard InChI is InChI=1S/C14H22ClN5/c1-6-7-16-13(14-11(15)8-17-20(14)5)12-9(2)18-19(4)10(12)3/h8,13,16H,6-7H2,1-5H3. The molecule has 0 amide bonds. The zero-order chi connectivity index (χ0) is 14.9. The van der Waals surface area contributed by atoms with Gasteiger partial charge in [0.1, 0.15) is 0 Å². The molecule has 0 bridgehead atoms. The summed E-state index contributed by atoms with van der Waals surface area (Å²) in [6.45, 7) is 7.19. The van der Waals surface area contributed by atoms with E-state index < -0.39 is 0 Å². The summed E-state index contributed by atoms with van der Waals surface area (Å²) in [6, 6.07) is 0.0173. The van der Waals surface area contributed by atoms with Crippen LogP contribution in [-0.2, 0) is 14.1 Å². The van der Waals surface area contributed by atoms with Crippen LogP contribution in [-0.4, -0.2) is 26.1 Å². The van der Waals surface area contributed by atoms with Crippen LogP contribution in [0.1, 0.15) is 42.0 Å². The van der Waals surface area contributed by atoms with Gasteiger partial charge in [-0.15, -0.1) is 0 Å². The Morgan fingerprint density at radius 1 is 1.30 bits per heavy atom. The summed E-state index contributed by atoms with van der Waals surface area (Å²) in [7, 11) is 3.89. The SMILES string of the molecule is CCCNC(c1c(C)nn(C)c1C)c1c(Cl)cnn1C. The van der Waals surface area contributed by atoms with E-state index in [0.717, 1.165) is 30.0 Å². The van der Waals surface area contributed by atoms with Gasteiger partial charge in [-0.05, 0) is 26.8 Å². The number of hydrogen-bond donors (Lipinski definition) is 1. The lowest BCUT2D eigenvalue weighted by atomic mass is 10.0. The number of nitrogens with zero attached hydrogens (tertiary/aromatic N) is 4. The van der Waals surface area contributed by atoms with E-state index in [0.29, 0.717) is 5.02 Å². The number of nitrogens with one attached hydrogen (secondary N) is 1. The first kappa shape index (κ1) is 15.1. The molecule has 6 heteroatoms. The van der Waals surface area contributed by atoms with Crippen molar-refractivity contribution in [1.29, 1.82) is 0 Å². The first-order valence-electron chi connectivity index (χ1n) is 6.88. The van der Waals surface area contributed by atoms with Crippen LogP contribution in [0.25, 0.3) is 0 Å². The van der Waals surface area contributed by atoms with E-state index in [1.54, 1.807) is 6.20 Å². The van der Waals surface area contributed by atoms with E-state index in [-0.39, 0.29) is 6.04 Å². The van der Waals surface area contributed by atoms with Gasteiger partial charge in [0.15, 0.2) is 0 Å². The highest BCUT2D eigenvalue weighted by Gasteiger charge is 2.26. The zero-order valence-electron chi connectivity index (χ0n) is 12.7. The highest BCUT2D eigenvalue weighted by Crippen LogP contribution is 2.31. The maximum absolute atomic E-state index is 6.33. The molecule has 0 saturated carbocycles. The van der Waals surface area contributed by atoms with Gasteiger partial charge in [-0.3, -0.25) is 9.36 Å². The Kier molecular flexibility index (Phi) is 4.50. The molecular weight excluding hydrogens is 274 g/mol. The molecule has 0 aliphatic carbocycles. The molecule has 2 heterocycles. The Hall–Kier alpha value is -1.33. The molecule has 2 aromatic rings. The average Bonchev–Trinajstić information content (AvgIpc) is 2.85. The summed E-state index contributed by atoms with van der Waals surface area (Å²) in [5, 5.41) is 13.0. The Balaban J connectivity index is 2.53. The molecule has 0 aliphatic heterocycles. The summed E-state index contributed by atoms with van der Waals surface area (Å²) in [4.78, 5) is 0. The lowest BCUT2D eigenvalue weighted by molar-refractivity contribution is 0.549. The maximum Gasteiger partial charge on any atom is 0.0837 e. The number of aromatic nitrogens is 4. The second-order valence-corrected chi connectivity index (χ2v) is 5.50. The molecule has 5 nitrogen and oxygen atoms in total. The van der Waals surface area contributed by atoms with Crippen molar-refractivity contribution < 1.29 is 0 Å². The molecular formula is C14H22ClN5. The largest absolute Gasteiger partial charge is 0.305 e. The van der Waals surface area contributed by atoms with E-state index in [9.17, 15) is 0 Å². The predicted octanol–water partition coefficient (Wildman–Crippen LogP) is 2.51. The Labute approximate surface area is 124 Å². The van der Waals surface area contributed by atoms with Crippen LogP contribution in [0.15, 0.2) is 6.20 Å². The quantitative estimate of drug-likeness (QED) is 0.922. The first-order valence-corrected chi connectivity index (χ1v) is 7.26. The van der Waals surface area contributed by atoms with Gasteiger partial charge in [0, 0.05) is 25.4 Å². The number of rotatable bonds is 5. The molecule has 2 aromatic heterocycles. The van der Waals surface area contributed by atoms with Crippen LogP contribution in [0.2, 0.25) is 5.02 Å². The molecule has 2 rings (SSSR count). The average molecular weight is 296 g/mol. The third-order valence-corrected chi connectivity index (χ3v) is 3.95. The van der Waals surface area contributed by atoms with E-state index in [1.807, 2.05) is 30.4 Å². The van der Waals surface area contributed by atoms with E-state index in [4.69, 9.17) is 11.6 Å². The molecule has 0 saturated heterocycles. The minimum absolute atomic E-state index is 0.0173. The van der Waals surface area contributed by atoms with Crippen LogP contribution in [0, 0.1) is 13.8 Å². The lowest BCUT2D eigenvalue weighted by Crippen LogP contribution is -2.26. The second-order valence-electron chi connectivity index (χ2n) is 5.10. The maximum atomic E-state index is 6.33. The molecule has 1 N–H and O–H groups in total. The molecule has 0 radical (unpaired) electrons. The lowest BCUT2D eigenvalue weighted by Gasteiger charge is -2.20. The van der Waals surface area contributed by atoms with Crippen LogP contribution < -0.4 is 5.32 Å². The summed E-state index contributed by atoms with van der Waals surface area (Å²) >= 11 is 6.33. The summed E-state index contributed by atoms with van der Waals surface area (Å²) < 4.78 is 3.75. The molecule has 0 fully saturated rings. The highest BCUT2D eigenvalue weighted by molar-refractivity contribution is 6.31. The van der Waals surface area contributed by atoms with Gasteiger partial charge in [-0.1, -0.05) is 18.5 Å². The van der Waals surface area contributed by atoms with Crippen molar-refractivity contribution in [2.24, 2.45) is 14.1 Å². The smallest absolute Gasteiger partial charge is 0.0837 e. The molecule has 110 valence electrons. The summed E-state index contributed by atoms with van der Waals surface area (Å²) in [5.74, 6) is 0. The second kappa shape index (κ2) is 5.97. The highest BCUT2D eigenvalue weighted by atomic mass is 35.5. The fourth-order valence-electron chi connectivity index (χ4n) is 2.58. The van der Waals surface area contributed by atoms with Crippen molar-refractivity contribution in [3.63, 3.8) is 0 Å². The molecule has 0 spiro atoms. The molecule has 1 atom stereocenters. The van der Waals surface area contributed by atoms with Crippen LogP contribution >= 0.6 is 11.6 Å². The van der Waals surface area contributed by atoms with Crippen LogP contribution in [0.4, 0.5) is 0 Å². The van der Waals surface area contributed by atoms with Crippen molar-refractivity contribution in [1.82, 2.24) is 24.9 Å². The first-order chi connectivity index (χ1) is 9.47. The third kappa shape index (κ3) is 2.60. The van der Waals surface area contributed by atoms with E-state index >= 15 is 0 Å². The molecule has 20 heavy (non-hydrogen) atoms. The number of hydrogen-bond acceptors (Lipinski definition) is 3.